The molecule has 0 fully saturated rings. The van der Waals surface area contributed by atoms with Crippen molar-refractivity contribution in [3.63, 3.8) is 0 Å². The van der Waals surface area contributed by atoms with Crippen LogP contribution in [0.4, 0.5) is 11.5 Å². The average molecular weight is 655 g/mol. The largest absolute Gasteiger partial charge is 0.382 e. The highest BCUT2D eigenvalue weighted by Crippen LogP contribution is 2.25. The number of carbonyl (C=O) groups is 1. The van der Waals surface area contributed by atoms with Crippen LogP contribution in [0.5, 0.6) is 0 Å². The molecule has 0 aliphatic carbocycles. The highest BCUT2D eigenvalue weighted by Gasteiger charge is 2.22. The molecule has 0 saturated carbocycles. The van der Waals surface area contributed by atoms with Crippen LogP contribution in [0.2, 0.25) is 0 Å². The molecule has 48 heavy (non-hydrogen) atoms. The van der Waals surface area contributed by atoms with Gasteiger partial charge in [-0.05, 0) is 60.6 Å². The van der Waals surface area contributed by atoms with Gasteiger partial charge in [0.15, 0.2) is 11.5 Å². The third kappa shape index (κ3) is 6.91. The van der Waals surface area contributed by atoms with Crippen LogP contribution in [-0.4, -0.2) is 46.7 Å². The quantitative estimate of drug-likeness (QED) is 0.169. The first-order chi connectivity index (χ1) is 23.1. The van der Waals surface area contributed by atoms with Gasteiger partial charge in [0.1, 0.15) is 0 Å². The molecule has 0 radical (unpaired) electrons. The molecule has 11 nitrogen and oxygen atoms in total. The van der Waals surface area contributed by atoms with Crippen LogP contribution < -0.4 is 21.3 Å². The minimum Gasteiger partial charge on any atom is -0.382 e. The Morgan fingerprint density at radius 2 is 1.75 bits per heavy atom. The summed E-state index contributed by atoms with van der Waals surface area (Å²) in [6.07, 6.45) is 9.26. The van der Waals surface area contributed by atoms with Crippen LogP contribution in [0.25, 0.3) is 27.7 Å². The Balaban J connectivity index is 1.39. The third-order valence-corrected chi connectivity index (χ3v) is 7.95. The molecule has 4 heterocycles. The number of para-hydroxylation sites is 1. The van der Waals surface area contributed by atoms with Gasteiger partial charge in [-0.25, -0.2) is 14.2 Å². The van der Waals surface area contributed by atoms with Gasteiger partial charge in [0.25, 0.3) is 11.5 Å². The summed E-state index contributed by atoms with van der Waals surface area (Å²) in [5.74, 6) is 9.20. The second kappa shape index (κ2) is 13.2. The van der Waals surface area contributed by atoms with Crippen LogP contribution in [0, 0.1) is 11.8 Å². The number of nitrogens with zero attached hydrogens (tertiary/aromatic N) is 5. The summed E-state index contributed by atoms with van der Waals surface area (Å²) >= 11 is 0. The normalized spacial score (nSPS) is 12.7. The second-order valence-electron chi connectivity index (χ2n) is 11.1. The maximum absolute atomic E-state index is 14.3. The van der Waals surface area contributed by atoms with Gasteiger partial charge in [-0.3, -0.25) is 24.1 Å². The first-order valence-corrected chi connectivity index (χ1v) is 16.9. The van der Waals surface area contributed by atoms with E-state index in [2.05, 4.69) is 47.7 Å². The molecule has 12 heteroatoms. The van der Waals surface area contributed by atoms with Crippen molar-refractivity contribution in [2.24, 2.45) is 0 Å². The van der Waals surface area contributed by atoms with Crippen molar-refractivity contribution in [3.8, 4) is 28.8 Å². The highest BCUT2D eigenvalue weighted by atomic mass is 32.2. The van der Waals surface area contributed by atoms with E-state index in [0.717, 1.165) is 5.56 Å². The van der Waals surface area contributed by atoms with Crippen LogP contribution >= 0.6 is 0 Å². The maximum Gasteiger partial charge on any atom is 0.274 e. The molecule has 0 saturated heterocycles. The van der Waals surface area contributed by atoms with Gasteiger partial charge in [0.05, 0.1) is 35.2 Å². The van der Waals surface area contributed by atoms with E-state index in [1.807, 2.05) is 54.6 Å². The Morgan fingerprint density at radius 3 is 2.50 bits per heavy atom. The number of nitrogen functional groups attached to an aromatic ring is 1. The molecule has 1 unspecified atom stereocenters. The fraction of sp³-hybridized carbons (Fsp3) is 0.0833. The van der Waals surface area contributed by atoms with Crippen molar-refractivity contribution in [3.05, 3.63) is 137 Å². The predicted molar refractivity (Wildman–Crippen MR) is 190 cm³/mol. The van der Waals surface area contributed by atoms with Crippen molar-refractivity contribution < 1.29 is 9.00 Å². The van der Waals surface area contributed by atoms with E-state index in [-0.39, 0.29) is 17.1 Å². The molecule has 0 bridgehead atoms. The summed E-state index contributed by atoms with van der Waals surface area (Å²) in [6, 6.07) is 21.2. The first-order valence-electron chi connectivity index (χ1n) is 14.7. The molecule has 6 aromatic rings. The number of hydrogen-bond donors (Lipinski definition) is 3. The van der Waals surface area contributed by atoms with E-state index < -0.39 is 21.7 Å². The first kappa shape index (κ1) is 31.7. The number of amides is 1. The van der Waals surface area contributed by atoms with E-state index in [9.17, 15) is 13.8 Å². The van der Waals surface area contributed by atoms with Crippen LogP contribution in [0.3, 0.4) is 0 Å². The zero-order valence-electron chi connectivity index (χ0n) is 26.0. The summed E-state index contributed by atoms with van der Waals surface area (Å²) in [5, 5.41) is 4.07. The van der Waals surface area contributed by atoms with Crippen molar-refractivity contribution in [2.75, 3.05) is 16.7 Å². The zero-order valence-corrected chi connectivity index (χ0v) is 26.9. The van der Waals surface area contributed by atoms with Gasteiger partial charge < -0.3 is 15.8 Å². The number of fused-ring (bicyclic) bond motifs is 1. The topological polar surface area (TPSA) is 158 Å². The number of pyridine rings is 3. The number of benzene rings is 2. The molecular weight excluding hydrogens is 625 g/mol. The van der Waals surface area contributed by atoms with E-state index >= 15 is 0 Å². The summed E-state index contributed by atoms with van der Waals surface area (Å²) in [7, 11) is -2.55. The molecular formula is C36H30N8O3S. The fourth-order valence-electron chi connectivity index (χ4n) is 5.15. The van der Waals surface area contributed by atoms with Crippen molar-refractivity contribution in [1.82, 2.24) is 29.8 Å². The lowest BCUT2D eigenvalue weighted by Gasteiger charge is -2.21. The standard InChI is InChI=1S/C36H30N8O3S/c1-23(41-35(45)33-34(37)40-22-30(42-33)27-18-28(21-39-20-27)43-48(2,3)47)31-19-26-9-7-8-25(13-12-24-14-16-38-17-15-24)32(26)36(46)44(31)29-10-5-4-6-11-29/h4-11,14-23H,2H2,1,3H3,(H2,37,40)(H,41,45)(H,43,47)/t23-,48?/m1/s1. The van der Waals surface area contributed by atoms with Gasteiger partial charge in [0.2, 0.25) is 0 Å². The summed E-state index contributed by atoms with van der Waals surface area (Å²) in [4.78, 5) is 44.9. The Morgan fingerprint density at radius 1 is 0.979 bits per heavy atom. The molecule has 1 amide bonds. The lowest BCUT2D eigenvalue weighted by atomic mass is 10.0. The fourth-order valence-corrected chi connectivity index (χ4v) is 5.76. The molecule has 6 rings (SSSR count). The van der Waals surface area contributed by atoms with E-state index in [4.69, 9.17) is 5.73 Å². The molecule has 2 aromatic carbocycles. The lowest BCUT2D eigenvalue weighted by Crippen LogP contribution is -2.33. The smallest absolute Gasteiger partial charge is 0.274 e. The van der Waals surface area contributed by atoms with Crippen molar-refractivity contribution >= 4 is 43.8 Å². The molecule has 4 N–H and O–H groups in total. The number of rotatable bonds is 7. The van der Waals surface area contributed by atoms with Gasteiger partial charge in [-0.15, -0.1) is 0 Å². The summed E-state index contributed by atoms with van der Waals surface area (Å²) < 4.78 is 16.5. The maximum atomic E-state index is 14.3. The number of hydrogen-bond acceptors (Lipinski definition) is 8. The Labute approximate surface area is 277 Å². The van der Waals surface area contributed by atoms with Gasteiger partial charge >= 0.3 is 0 Å². The molecule has 238 valence electrons. The zero-order chi connectivity index (χ0) is 33.8. The minimum absolute atomic E-state index is 0.0728. The number of nitrogens with one attached hydrogen (secondary N) is 2. The number of carbonyl (C=O) groups excluding carboxylic acids is 1. The number of anilines is 2. The van der Waals surface area contributed by atoms with Crippen molar-refractivity contribution in [1.29, 1.82) is 0 Å². The summed E-state index contributed by atoms with van der Waals surface area (Å²) in [5.41, 5.74) is 9.57. The van der Waals surface area contributed by atoms with E-state index in [0.29, 0.717) is 44.7 Å². The second-order valence-corrected chi connectivity index (χ2v) is 13.3. The third-order valence-electron chi connectivity index (χ3n) is 7.29. The molecule has 2 atom stereocenters. The van der Waals surface area contributed by atoms with Crippen LogP contribution in [0.1, 0.15) is 40.3 Å². The van der Waals surface area contributed by atoms with E-state index in [1.54, 1.807) is 48.3 Å². The lowest BCUT2D eigenvalue weighted by molar-refractivity contribution is 0.0934. The average Bonchev–Trinajstić information content (AvgIpc) is 3.07. The number of nitrogens with two attached hydrogens (primary N) is 1. The minimum atomic E-state index is -2.55. The summed E-state index contributed by atoms with van der Waals surface area (Å²) in [6.45, 7) is 1.78. The number of aromatic nitrogens is 5. The molecule has 0 aliphatic rings. The molecule has 0 spiro atoms. The monoisotopic (exact) mass is 654 g/mol. The Hall–Kier alpha value is -6.32. The van der Waals surface area contributed by atoms with Gasteiger partial charge in [-0.2, -0.15) is 0 Å². The molecule has 0 aliphatic heterocycles. The predicted octanol–water partition coefficient (Wildman–Crippen LogP) is 4.38. The Bertz CT molecular complexity index is 2400. The highest BCUT2D eigenvalue weighted by molar-refractivity contribution is 8.00. The SMILES string of the molecule is C=S(C)(=O)Nc1cncc(-c2cnc(N)c(C(=O)N[C@H](C)c3cc4cccc(C#Cc5ccncc5)c4c(=O)n3-c3ccccc3)n2)c1. The van der Waals surface area contributed by atoms with Gasteiger partial charge in [0, 0.05) is 62.6 Å². The molecule has 4 aromatic heterocycles. The van der Waals surface area contributed by atoms with Crippen LogP contribution in [0.15, 0.2) is 109 Å². The van der Waals surface area contributed by atoms with E-state index in [1.165, 1.54) is 18.6 Å². The van der Waals surface area contributed by atoms with Gasteiger partial charge in [-0.1, -0.05) is 42.2 Å². The van der Waals surface area contributed by atoms with Crippen LogP contribution in [-0.2, 0) is 9.71 Å². The van der Waals surface area contributed by atoms with Crippen molar-refractivity contribution in [2.45, 2.75) is 13.0 Å². The Kier molecular flexibility index (Phi) is 8.70.